The monoisotopic (exact) mass is 632 g/mol. The average molecular weight is 634 g/mol. The van der Waals surface area contributed by atoms with Crippen molar-refractivity contribution in [3.8, 4) is 0 Å². The zero-order chi connectivity index (χ0) is 31.1. The maximum atomic E-state index is 11.2. The van der Waals surface area contributed by atoms with E-state index in [-0.39, 0.29) is 5.56 Å². The average Bonchev–Trinajstić information content (AvgIpc) is 2.94. The van der Waals surface area contributed by atoms with Crippen molar-refractivity contribution in [2.45, 2.75) is 13.8 Å². The van der Waals surface area contributed by atoms with Gasteiger partial charge >= 0.3 is 11.9 Å². The summed E-state index contributed by atoms with van der Waals surface area (Å²) in [7, 11) is 0. The van der Waals surface area contributed by atoms with Crippen molar-refractivity contribution >= 4 is 81.3 Å². The molecule has 4 aromatic rings. The Labute approximate surface area is 256 Å². The van der Waals surface area contributed by atoms with Crippen LogP contribution in [0, 0.1) is 0 Å². The summed E-state index contributed by atoms with van der Waals surface area (Å²) in [4.78, 5) is 47.8. The van der Waals surface area contributed by atoms with E-state index >= 15 is 0 Å². The largest absolute Gasteiger partial charge is 0.463 e. The molecule has 42 heavy (non-hydrogen) atoms. The fraction of sp³-hybridized carbons (Fsp3) is 0.143. The van der Waals surface area contributed by atoms with E-state index in [9.17, 15) is 14.4 Å². The Morgan fingerprint density at radius 2 is 1.43 bits per heavy atom. The summed E-state index contributed by atoms with van der Waals surface area (Å²) in [5.41, 5.74) is 14.2. The molecular formula is C28H27Cl3N6O5. The van der Waals surface area contributed by atoms with Gasteiger partial charge in [-0.1, -0.05) is 34.8 Å². The van der Waals surface area contributed by atoms with E-state index in [1.807, 2.05) is 0 Å². The molecule has 0 amide bonds. The van der Waals surface area contributed by atoms with Gasteiger partial charge in [-0.2, -0.15) is 0 Å². The van der Waals surface area contributed by atoms with E-state index in [1.165, 1.54) is 36.7 Å². The molecule has 4 aromatic heterocycles. The van der Waals surface area contributed by atoms with E-state index in [0.29, 0.717) is 56.5 Å². The minimum absolute atomic E-state index is 0.184. The number of aromatic amines is 1. The number of fused-ring (bicyclic) bond motifs is 1. The minimum Gasteiger partial charge on any atom is -0.463 e. The van der Waals surface area contributed by atoms with Crippen LogP contribution in [0.1, 0.15) is 25.1 Å². The summed E-state index contributed by atoms with van der Waals surface area (Å²) < 4.78 is 9.47. The highest BCUT2D eigenvalue weighted by Gasteiger charge is 2.00. The maximum Gasteiger partial charge on any atom is 0.330 e. The van der Waals surface area contributed by atoms with E-state index in [0.717, 1.165) is 5.56 Å². The van der Waals surface area contributed by atoms with E-state index in [4.69, 9.17) is 55.7 Å². The predicted molar refractivity (Wildman–Crippen MR) is 166 cm³/mol. The summed E-state index contributed by atoms with van der Waals surface area (Å²) in [6.45, 7) is 4.16. The number of aromatic nitrogens is 4. The number of nitrogens with two attached hydrogens (primary N) is 2. The number of ether oxygens (including phenoxy) is 2. The molecule has 0 unspecified atom stereocenters. The van der Waals surface area contributed by atoms with Gasteiger partial charge in [0.05, 0.1) is 51.4 Å². The summed E-state index contributed by atoms with van der Waals surface area (Å²) >= 11 is 16.7. The lowest BCUT2D eigenvalue weighted by molar-refractivity contribution is -0.138. The Hall–Kier alpha value is -4.45. The highest BCUT2D eigenvalue weighted by atomic mass is 35.5. The van der Waals surface area contributed by atoms with Gasteiger partial charge in [-0.3, -0.25) is 14.8 Å². The lowest BCUT2D eigenvalue weighted by atomic mass is 10.2. The molecule has 0 aliphatic rings. The molecule has 0 radical (unpaired) electrons. The zero-order valence-corrected chi connectivity index (χ0v) is 24.8. The third-order valence-corrected chi connectivity index (χ3v) is 5.43. The predicted octanol–water partition coefficient (Wildman–Crippen LogP) is 5.36. The normalized spacial score (nSPS) is 10.5. The Morgan fingerprint density at radius 1 is 0.833 bits per heavy atom. The molecule has 0 saturated heterocycles. The van der Waals surface area contributed by atoms with Crippen molar-refractivity contribution in [3.63, 3.8) is 0 Å². The molecule has 0 saturated carbocycles. The standard InChI is InChI=1S/C13H12N2O3.C10H11ClN2O2.C5H4Cl2N2/c1-2-18-13(17)6-3-9-7-11-10(14-8-9)4-5-12(16)15-11;1-2-15-10(14)4-3-9-8(12)5-7(11)6-13-9;6-3-1-4(8)5(7)9-2-3/h3-8H,2H2,1H3,(H,15,16);3-6H,2,12H2,1H3;1-2H,8H2/b6-3+;;. The van der Waals surface area contributed by atoms with Crippen molar-refractivity contribution in [2.75, 3.05) is 24.7 Å². The highest BCUT2D eigenvalue weighted by molar-refractivity contribution is 6.33. The molecule has 0 aromatic carbocycles. The van der Waals surface area contributed by atoms with E-state index in [1.54, 1.807) is 50.4 Å². The quantitative estimate of drug-likeness (QED) is 0.142. The van der Waals surface area contributed by atoms with Crippen LogP contribution in [-0.2, 0) is 19.1 Å². The van der Waals surface area contributed by atoms with Crippen molar-refractivity contribution in [2.24, 2.45) is 0 Å². The first kappa shape index (κ1) is 33.8. The van der Waals surface area contributed by atoms with Gasteiger partial charge in [-0.05, 0) is 55.8 Å². The summed E-state index contributed by atoms with van der Waals surface area (Å²) in [6, 6.07) is 7.94. The van der Waals surface area contributed by atoms with Gasteiger partial charge in [0.15, 0.2) is 5.15 Å². The minimum atomic E-state index is -0.423. The third-order valence-electron chi connectivity index (χ3n) is 4.70. The first-order valence-electron chi connectivity index (χ1n) is 12.2. The molecule has 0 aliphatic carbocycles. The molecule has 0 bridgehead atoms. The first-order valence-corrected chi connectivity index (χ1v) is 13.3. The van der Waals surface area contributed by atoms with Crippen molar-refractivity contribution in [1.82, 2.24) is 19.9 Å². The topological polar surface area (TPSA) is 176 Å². The second kappa shape index (κ2) is 17.4. The summed E-state index contributed by atoms with van der Waals surface area (Å²) in [6.07, 6.45) is 10.2. The van der Waals surface area contributed by atoms with E-state index in [2.05, 4.69) is 19.9 Å². The third kappa shape index (κ3) is 12.0. The number of carbonyl (C=O) groups excluding carboxylic acids is 2. The lowest BCUT2D eigenvalue weighted by Gasteiger charge is -1.99. The molecule has 0 fully saturated rings. The van der Waals surface area contributed by atoms with Gasteiger partial charge in [0.25, 0.3) is 0 Å². The van der Waals surface area contributed by atoms with Gasteiger partial charge in [0, 0.05) is 36.8 Å². The SMILES string of the molecule is CCOC(=O)/C=C/c1cnc2ccc(=O)[nH]c2c1.CCOC(=O)C=Cc1ncc(Cl)cc1N.Nc1cc(Cl)cnc1Cl. The van der Waals surface area contributed by atoms with Crippen LogP contribution in [0.2, 0.25) is 15.2 Å². The number of halogens is 3. The second-order valence-corrected chi connectivity index (χ2v) is 9.09. The molecule has 0 atom stereocenters. The van der Waals surface area contributed by atoms with Gasteiger partial charge in [-0.25, -0.2) is 14.6 Å². The molecule has 4 heterocycles. The number of esters is 2. The van der Waals surface area contributed by atoms with Gasteiger partial charge in [0.2, 0.25) is 5.56 Å². The number of pyridine rings is 4. The maximum absolute atomic E-state index is 11.2. The number of H-pyrrole nitrogens is 1. The number of nitrogens with one attached hydrogen (secondary N) is 1. The van der Waals surface area contributed by atoms with Gasteiger partial charge in [-0.15, -0.1) is 0 Å². The Kier molecular flexibility index (Phi) is 14.0. The number of nitrogens with zero attached hydrogens (tertiary/aromatic N) is 3. The first-order chi connectivity index (χ1) is 20.0. The smallest absolute Gasteiger partial charge is 0.330 e. The zero-order valence-electron chi connectivity index (χ0n) is 22.5. The number of rotatable bonds is 6. The molecule has 0 aliphatic heterocycles. The number of hydrogen-bond donors (Lipinski definition) is 3. The van der Waals surface area contributed by atoms with Crippen molar-refractivity contribution in [1.29, 1.82) is 0 Å². The molecule has 5 N–H and O–H groups in total. The van der Waals surface area contributed by atoms with Crippen LogP contribution in [0.3, 0.4) is 0 Å². The highest BCUT2D eigenvalue weighted by Crippen LogP contribution is 2.18. The molecule has 11 nitrogen and oxygen atoms in total. The number of hydrogen-bond acceptors (Lipinski definition) is 10. The van der Waals surface area contributed by atoms with E-state index < -0.39 is 11.9 Å². The summed E-state index contributed by atoms with van der Waals surface area (Å²) in [5, 5.41) is 1.25. The van der Waals surface area contributed by atoms with Crippen molar-refractivity contribution < 1.29 is 19.1 Å². The van der Waals surface area contributed by atoms with Crippen LogP contribution in [0.5, 0.6) is 0 Å². The van der Waals surface area contributed by atoms with Crippen LogP contribution >= 0.6 is 34.8 Å². The lowest BCUT2D eigenvalue weighted by Crippen LogP contribution is -2.03. The number of anilines is 2. The Morgan fingerprint density at radius 3 is 2.00 bits per heavy atom. The van der Waals surface area contributed by atoms with Crippen molar-refractivity contribution in [3.05, 3.63) is 97.9 Å². The summed E-state index contributed by atoms with van der Waals surface area (Å²) in [5.74, 6) is -0.826. The molecule has 0 spiro atoms. The Balaban J connectivity index is 0.000000232. The van der Waals surface area contributed by atoms with Crippen LogP contribution in [0.15, 0.2) is 65.9 Å². The number of nitrogen functional groups attached to an aromatic ring is 2. The molecule has 4 rings (SSSR count). The van der Waals surface area contributed by atoms with Crippen LogP contribution in [-0.4, -0.2) is 45.1 Å². The second-order valence-electron chi connectivity index (χ2n) is 7.86. The van der Waals surface area contributed by atoms with Crippen LogP contribution < -0.4 is 17.0 Å². The van der Waals surface area contributed by atoms with Gasteiger partial charge < -0.3 is 25.9 Å². The molecule has 14 heteroatoms. The van der Waals surface area contributed by atoms with Crippen LogP contribution in [0.25, 0.3) is 23.2 Å². The fourth-order valence-electron chi connectivity index (χ4n) is 2.88. The molecular weight excluding hydrogens is 607 g/mol. The Bertz CT molecular complexity index is 1640. The van der Waals surface area contributed by atoms with Crippen LogP contribution in [0.4, 0.5) is 11.4 Å². The molecule has 220 valence electrons. The van der Waals surface area contributed by atoms with Gasteiger partial charge in [0.1, 0.15) is 0 Å². The fourth-order valence-corrected chi connectivity index (χ4v) is 3.32. The number of carbonyl (C=O) groups is 2.